The van der Waals surface area contributed by atoms with Gasteiger partial charge in [-0.3, -0.25) is 4.90 Å². The van der Waals surface area contributed by atoms with E-state index in [0.717, 1.165) is 5.56 Å². The Bertz CT molecular complexity index is 1090. The number of hydrogen-bond acceptors (Lipinski definition) is 7. The molecule has 4 rings (SSSR count). The Labute approximate surface area is 176 Å². The zero-order valence-corrected chi connectivity index (χ0v) is 17.8. The smallest absolute Gasteiger partial charge is 0.243 e. The van der Waals surface area contributed by atoms with Crippen molar-refractivity contribution in [1.82, 2.24) is 19.3 Å². The number of ether oxygens (including phenoxy) is 1. The molecular weight excluding hydrogens is 404 g/mol. The molecule has 0 radical (unpaired) electrons. The first kappa shape index (κ1) is 20.5. The van der Waals surface area contributed by atoms with Crippen molar-refractivity contribution >= 4 is 10.0 Å². The zero-order chi connectivity index (χ0) is 21.1. The standard InChI is InChI=1S/C21H24N4O4S/c1-16-3-5-17(6-4-16)21-22-20(29-23-21)15-24-11-13-25(14-12-24)30(26,27)19-9-7-18(28-2)8-10-19/h3-10H,11-15H2,1-2H3. The summed E-state index contributed by atoms with van der Waals surface area (Å²) < 4.78 is 37.7. The van der Waals surface area contributed by atoms with Crippen LogP contribution in [0.3, 0.4) is 0 Å². The van der Waals surface area contributed by atoms with Gasteiger partial charge in [-0.25, -0.2) is 8.42 Å². The molecule has 0 aliphatic carbocycles. The third-order valence-electron chi connectivity index (χ3n) is 5.17. The Morgan fingerprint density at radius 2 is 1.67 bits per heavy atom. The van der Waals surface area contributed by atoms with Crippen molar-refractivity contribution in [2.75, 3.05) is 33.3 Å². The van der Waals surface area contributed by atoms with Crippen molar-refractivity contribution in [3.63, 3.8) is 0 Å². The molecule has 1 saturated heterocycles. The van der Waals surface area contributed by atoms with Gasteiger partial charge in [0.05, 0.1) is 18.6 Å². The average molecular weight is 429 g/mol. The van der Waals surface area contributed by atoms with Gasteiger partial charge in [0.25, 0.3) is 0 Å². The predicted octanol–water partition coefficient (Wildman–Crippen LogP) is 2.56. The van der Waals surface area contributed by atoms with E-state index in [-0.39, 0.29) is 4.90 Å². The largest absolute Gasteiger partial charge is 0.497 e. The number of nitrogens with zero attached hydrogens (tertiary/aromatic N) is 4. The maximum absolute atomic E-state index is 12.9. The van der Waals surface area contributed by atoms with E-state index in [2.05, 4.69) is 15.0 Å². The molecule has 0 amide bonds. The molecule has 0 N–H and O–H groups in total. The van der Waals surface area contributed by atoms with E-state index in [1.165, 1.54) is 9.87 Å². The zero-order valence-electron chi connectivity index (χ0n) is 17.0. The predicted molar refractivity (Wildman–Crippen MR) is 112 cm³/mol. The van der Waals surface area contributed by atoms with E-state index in [9.17, 15) is 8.42 Å². The molecule has 1 aliphatic rings. The fourth-order valence-electron chi connectivity index (χ4n) is 3.36. The van der Waals surface area contributed by atoms with Crippen LogP contribution in [0.2, 0.25) is 0 Å². The molecule has 0 bridgehead atoms. The van der Waals surface area contributed by atoms with Gasteiger partial charge in [0.2, 0.25) is 21.7 Å². The molecule has 0 saturated carbocycles. The van der Waals surface area contributed by atoms with Crippen molar-refractivity contribution in [2.45, 2.75) is 18.4 Å². The highest BCUT2D eigenvalue weighted by Gasteiger charge is 2.29. The minimum atomic E-state index is -3.52. The summed E-state index contributed by atoms with van der Waals surface area (Å²) in [6.45, 7) is 4.53. The average Bonchev–Trinajstić information content (AvgIpc) is 3.23. The van der Waals surface area contributed by atoms with Gasteiger partial charge in [0.1, 0.15) is 5.75 Å². The van der Waals surface area contributed by atoms with Crippen LogP contribution in [0.25, 0.3) is 11.4 Å². The molecule has 2 aromatic carbocycles. The summed E-state index contributed by atoms with van der Waals surface area (Å²) in [5.74, 6) is 1.71. The Morgan fingerprint density at radius 1 is 1.00 bits per heavy atom. The van der Waals surface area contributed by atoms with Crippen LogP contribution in [-0.2, 0) is 16.6 Å². The Balaban J connectivity index is 1.36. The lowest BCUT2D eigenvalue weighted by atomic mass is 10.1. The van der Waals surface area contributed by atoms with E-state index in [0.29, 0.717) is 50.2 Å². The number of sulfonamides is 1. The number of rotatable bonds is 6. The van der Waals surface area contributed by atoms with E-state index in [4.69, 9.17) is 9.26 Å². The van der Waals surface area contributed by atoms with Gasteiger partial charge < -0.3 is 9.26 Å². The quantitative estimate of drug-likeness (QED) is 0.596. The van der Waals surface area contributed by atoms with Crippen molar-refractivity contribution in [3.8, 4) is 17.1 Å². The molecule has 9 heteroatoms. The monoisotopic (exact) mass is 428 g/mol. The fourth-order valence-corrected chi connectivity index (χ4v) is 4.78. The molecule has 2 heterocycles. The molecule has 3 aromatic rings. The lowest BCUT2D eigenvalue weighted by Crippen LogP contribution is -2.48. The van der Waals surface area contributed by atoms with Crippen molar-refractivity contribution in [2.24, 2.45) is 0 Å². The number of aryl methyl sites for hydroxylation is 1. The Hall–Kier alpha value is -2.75. The van der Waals surface area contributed by atoms with E-state index < -0.39 is 10.0 Å². The van der Waals surface area contributed by atoms with E-state index >= 15 is 0 Å². The summed E-state index contributed by atoms with van der Waals surface area (Å²) in [6, 6.07) is 14.4. The Kier molecular flexibility index (Phi) is 5.85. The molecule has 0 unspecified atom stereocenters. The molecule has 30 heavy (non-hydrogen) atoms. The maximum atomic E-state index is 12.9. The second kappa shape index (κ2) is 8.55. The third-order valence-corrected chi connectivity index (χ3v) is 7.08. The lowest BCUT2D eigenvalue weighted by molar-refractivity contribution is 0.163. The molecule has 0 spiro atoms. The topological polar surface area (TPSA) is 88.8 Å². The highest BCUT2D eigenvalue weighted by molar-refractivity contribution is 7.89. The number of aromatic nitrogens is 2. The van der Waals surface area contributed by atoms with Gasteiger partial charge in [0.15, 0.2) is 0 Å². The second-order valence-corrected chi connectivity index (χ2v) is 9.17. The van der Waals surface area contributed by atoms with Crippen molar-refractivity contribution in [3.05, 3.63) is 60.0 Å². The van der Waals surface area contributed by atoms with Gasteiger partial charge in [-0.2, -0.15) is 9.29 Å². The number of piperazine rings is 1. The summed E-state index contributed by atoms with van der Waals surface area (Å²) in [5, 5.41) is 4.06. The minimum absolute atomic E-state index is 0.274. The van der Waals surface area contributed by atoms with Crippen LogP contribution in [0.4, 0.5) is 0 Å². The SMILES string of the molecule is COc1ccc(S(=O)(=O)N2CCN(Cc3nc(-c4ccc(C)cc4)no3)CC2)cc1. The first-order valence-corrected chi connectivity index (χ1v) is 11.2. The molecule has 1 aromatic heterocycles. The third kappa shape index (κ3) is 4.38. The number of hydrogen-bond donors (Lipinski definition) is 0. The first-order chi connectivity index (χ1) is 14.5. The summed E-state index contributed by atoms with van der Waals surface area (Å²) in [5.41, 5.74) is 2.08. The number of benzene rings is 2. The first-order valence-electron chi connectivity index (χ1n) is 9.72. The van der Waals surface area contributed by atoms with E-state index in [1.807, 2.05) is 31.2 Å². The van der Waals surface area contributed by atoms with Crippen LogP contribution in [0.5, 0.6) is 5.75 Å². The van der Waals surface area contributed by atoms with Crippen molar-refractivity contribution in [1.29, 1.82) is 0 Å². The van der Waals surface area contributed by atoms with Gasteiger partial charge in [0, 0.05) is 31.7 Å². The normalized spacial score (nSPS) is 15.9. The highest BCUT2D eigenvalue weighted by Crippen LogP contribution is 2.22. The van der Waals surface area contributed by atoms with Crippen LogP contribution in [0.15, 0.2) is 57.9 Å². The minimum Gasteiger partial charge on any atom is -0.497 e. The van der Waals surface area contributed by atoms with Gasteiger partial charge in [-0.05, 0) is 31.2 Å². The van der Waals surface area contributed by atoms with Crippen LogP contribution >= 0.6 is 0 Å². The van der Waals surface area contributed by atoms with Gasteiger partial charge in [-0.15, -0.1) is 0 Å². The van der Waals surface area contributed by atoms with Crippen LogP contribution in [-0.4, -0.2) is 61.1 Å². The summed E-state index contributed by atoms with van der Waals surface area (Å²) in [6.07, 6.45) is 0. The van der Waals surface area contributed by atoms with Crippen LogP contribution in [0, 0.1) is 6.92 Å². The summed E-state index contributed by atoms with van der Waals surface area (Å²) in [7, 11) is -1.97. The number of methoxy groups -OCH3 is 1. The van der Waals surface area contributed by atoms with Crippen molar-refractivity contribution < 1.29 is 17.7 Å². The fraction of sp³-hybridized carbons (Fsp3) is 0.333. The molecule has 158 valence electrons. The van der Waals surface area contributed by atoms with Gasteiger partial charge >= 0.3 is 0 Å². The van der Waals surface area contributed by atoms with Crippen LogP contribution in [0.1, 0.15) is 11.5 Å². The van der Waals surface area contributed by atoms with Crippen LogP contribution < -0.4 is 4.74 Å². The molecule has 1 fully saturated rings. The highest BCUT2D eigenvalue weighted by atomic mass is 32.2. The molecule has 8 nitrogen and oxygen atoms in total. The Morgan fingerprint density at radius 3 is 2.30 bits per heavy atom. The van der Waals surface area contributed by atoms with E-state index in [1.54, 1.807) is 31.4 Å². The summed E-state index contributed by atoms with van der Waals surface area (Å²) >= 11 is 0. The molecular formula is C21H24N4O4S. The molecule has 1 aliphatic heterocycles. The molecule has 0 atom stereocenters. The summed E-state index contributed by atoms with van der Waals surface area (Å²) in [4.78, 5) is 6.86. The maximum Gasteiger partial charge on any atom is 0.243 e. The lowest BCUT2D eigenvalue weighted by Gasteiger charge is -2.33. The van der Waals surface area contributed by atoms with Gasteiger partial charge in [-0.1, -0.05) is 35.0 Å². The second-order valence-electron chi connectivity index (χ2n) is 7.23.